The quantitative estimate of drug-likeness (QED) is 0.327. The predicted octanol–water partition coefficient (Wildman–Crippen LogP) is 4.55. The first-order valence-corrected chi connectivity index (χ1v) is 9.26. The zero-order valence-corrected chi connectivity index (χ0v) is 16.8. The number of nitrogens with two attached hydrogens (primary N) is 1. The third-order valence-corrected chi connectivity index (χ3v) is 4.77. The fraction of sp³-hybridized carbons (Fsp3) is 0.174. The first kappa shape index (κ1) is 20.2. The first-order valence-electron chi connectivity index (χ1n) is 9.26. The Labute approximate surface area is 170 Å². The van der Waals surface area contributed by atoms with Gasteiger partial charge in [0.15, 0.2) is 0 Å². The second-order valence-electron chi connectivity index (χ2n) is 6.67. The number of carbonyl (C=O) groups is 1. The molecule has 0 radical (unpaired) electrons. The first-order chi connectivity index (χ1) is 14.0. The largest absolute Gasteiger partial charge is 0.496 e. The van der Waals surface area contributed by atoms with Crippen molar-refractivity contribution >= 4 is 11.7 Å². The van der Waals surface area contributed by atoms with Crippen molar-refractivity contribution in [2.24, 2.45) is 5.84 Å². The Kier molecular flexibility index (Phi) is 6.36. The van der Waals surface area contributed by atoms with Gasteiger partial charge in [-0.05, 0) is 54.8 Å². The van der Waals surface area contributed by atoms with Crippen LogP contribution < -0.4 is 26.1 Å². The molecule has 0 bridgehead atoms. The topological polar surface area (TPSA) is 85.6 Å². The summed E-state index contributed by atoms with van der Waals surface area (Å²) >= 11 is 0. The van der Waals surface area contributed by atoms with Crippen LogP contribution >= 0.6 is 0 Å². The van der Waals surface area contributed by atoms with Crippen molar-refractivity contribution in [3.05, 3.63) is 77.4 Å². The molecule has 0 aliphatic rings. The zero-order valence-electron chi connectivity index (χ0n) is 16.8. The second-order valence-corrected chi connectivity index (χ2v) is 6.67. The molecule has 29 heavy (non-hydrogen) atoms. The molecule has 0 saturated heterocycles. The molecular weight excluding hydrogens is 366 g/mol. The maximum atomic E-state index is 11.6. The molecule has 3 aromatic carbocycles. The van der Waals surface area contributed by atoms with Gasteiger partial charge >= 0.3 is 6.03 Å². The molecule has 6 nitrogen and oxygen atoms in total. The normalized spacial score (nSPS) is 10.3. The van der Waals surface area contributed by atoms with E-state index < -0.39 is 6.03 Å². The zero-order chi connectivity index (χ0) is 20.8. The van der Waals surface area contributed by atoms with Gasteiger partial charge in [-0.15, -0.1) is 0 Å². The van der Waals surface area contributed by atoms with Crippen molar-refractivity contribution in [1.29, 1.82) is 0 Å². The van der Waals surface area contributed by atoms with E-state index in [1.165, 1.54) is 0 Å². The smallest absolute Gasteiger partial charge is 0.333 e. The summed E-state index contributed by atoms with van der Waals surface area (Å²) in [6, 6.07) is 19.1. The number of methoxy groups -OCH3 is 1. The molecule has 0 aromatic heterocycles. The van der Waals surface area contributed by atoms with Crippen molar-refractivity contribution < 1.29 is 14.3 Å². The number of para-hydroxylation sites is 1. The summed E-state index contributed by atoms with van der Waals surface area (Å²) < 4.78 is 11.5. The van der Waals surface area contributed by atoms with Crippen molar-refractivity contribution in [2.45, 2.75) is 20.5 Å². The van der Waals surface area contributed by atoms with Crippen LogP contribution in [0.1, 0.15) is 16.7 Å². The van der Waals surface area contributed by atoms with Gasteiger partial charge in [-0.3, -0.25) is 5.43 Å². The Bertz CT molecular complexity index is 1020. The Hall–Kier alpha value is -3.51. The number of amides is 2. The summed E-state index contributed by atoms with van der Waals surface area (Å²) in [6.07, 6.45) is 0. The van der Waals surface area contributed by atoms with E-state index in [4.69, 9.17) is 15.3 Å². The average Bonchev–Trinajstić information content (AvgIpc) is 2.73. The predicted molar refractivity (Wildman–Crippen MR) is 115 cm³/mol. The highest BCUT2D eigenvalue weighted by Crippen LogP contribution is 2.34. The summed E-state index contributed by atoms with van der Waals surface area (Å²) in [5.41, 5.74) is 7.85. The van der Waals surface area contributed by atoms with Crippen molar-refractivity contribution in [1.82, 2.24) is 5.43 Å². The van der Waals surface area contributed by atoms with Gasteiger partial charge in [-0.2, -0.15) is 0 Å². The van der Waals surface area contributed by atoms with Gasteiger partial charge in [0.2, 0.25) is 0 Å². The van der Waals surface area contributed by atoms with Gasteiger partial charge in [-0.25, -0.2) is 10.6 Å². The number of ether oxygens (including phenoxy) is 2. The van der Waals surface area contributed by atoms with Crippen molar-refractivity contribution in [2.75, 3.05) is 12.4 Å². The Morgan fingerprint density at radius 3 is 2.48 bits per heavy atom. The SMILES string of the molecule is COc1ccccc1-c1ccc(OCc2c(C)cccc2NC(=O)NN)cc1C. The summed E-state index contributed by atoms with van der Waals surface area (Å²) in [6.45, 7) is 4.33. The molecule has 0 heterocycles. The molecule has 150 valence electrons. The maximum absolute atomic E-state index is 11.6. The van der Waals surface area contributed by atoms with Crippen LogP contribution in [-0.4, -0.2) is 13.1 Å². The highest BCUT2D eigenvalue weighted by Gasteiger charge is 2.11. The van der Waals surface area contributed by atoms with Crippen LogP contribution in [0.15, 0.2) is 60.7 Å². The third kappa shape index (κ3) is 4.67. The van der Waals surface area contributed by atoms with Gasteiger partial charge in [0.1, 0.15) is 18.1 Å². The van der Waals surface area contributed by atoms with Crippen LogP contribution in [-0.2, 0) is 6.61 Å². The molecule has 0 saturated carbocycles. The Balaban J connectivity index is 1.81. The highest BCUT2D eigenvalue weighted by atomic mass is 16.5. The average molecular weight is 391 g/mol. The van der Waals surface area contributed by atoms with Gasteiger partial charge in [-0.1, -0.05) is 36.4 Å². The Morgan fingerprint density at radius 2 is 1.76 bits per heavy atom. The van der Waals surface area contributed by atoms with E-state index in [1.54, 1.807) is 7.11 Å². The number of benzene rings is 3. The lowest BCUT2D eigenvalue weighted by Crippen LogP contribution is -2.34. The lowest BCUT2D eigenvalue weighted by Gasteiger charge is -2.16. The molecule has 6 heteroatoms. The molecule has 0 aliphatic heterocycles. The molecule has 2 amide bonds. The molecule has 4 N–H and O–H groups in total. The number of urea groups is 1. The van der Waals surface area contributed by atoms with Gasteiger partial charge in [0.25, 0.3) is 0 Å². The summed E-state index contributed by atoms with van der Waals surface area (Å²) in [4.78, 5) is 11.6. The van der Waals surface area contributed by atoms with E-state index in [0.29, 0.717) is 12.3 Å². The van der Waals surface area contributed by atoms with Crippen molar-refractivity contribution in [3.8, 4) is 22.6 Å². The van der Waals surface area contributed by atoms with Crippen LogP contribution in [0.2, 0.25) is 0 Å². The minimum absolute atomic E-state index is 0.320. The Morgan fingerprint density at radius 1 is 0.966 bits per heavy atom. The maximum Gasteiger partial charge on any atom is 0.333 e. The number of rotatable bonds is 6. The van der Waals surface area contributed by atoms with Gasteiger partial charge in [0.05, 0.1) is 7.11 Å². The lowest BCUT2D eigenvalue weighted by atomic mass is 9.99. The molecule has 0 spiro atoms. The molecule has 0 aliphatic carbocycles. The van der Waals surface area contributed by atoms with Gasteiger partial charge < -0.3 is 14.8 Å². The molecular formula is C23H25N3O3. The second kappa shape index (κ2) is 9.12. The number of hydrogen-bond acceptors (Lipinski definition) is 4. The van der Waals surface area contributed by atoms with Crippen LogP contribution in [0.25, 0.3) is 11.1 Å². The molecule has 0 fully saturated rings. The molecule has 0 unspecified atom stereocenters. The summed E-state index contributed by atoms with van der Waals surface area (Å²) in [5, 5.41) is 2.72. The fourth-order valence-corrected chi connectivity index (χ4v) is 3.22. The van der Waals surface area contributed by atoms with E-state index in [0.717, 1.165) is 39.3 Å². The van der Waals surface area contributed by atoms with Gasteiger partial charge in [0, 0.05) is 16.8 Å². The summed E-state index contributed by atoms with van der Waals surface area (Å²) in [5.74, 6) is 6.75. The highest BCUT2D eigenvalue weighted by molar-refractivity contribution is 5.89. The van der Waals surface area contributed by atoms with E-state index in [9.17, 15) is 4.79 Å². The minimum atomic E-state index is -0.478. The fourth-order valence-electron chi connectivity index (χ4n) is 3.22. The van der Waals surface area contributed by atoms with Crippen LogP contribution in [0.5, 0.6) is 11.5 Å². The van der Waals surface area contributed by atoms with E-state index in [-0.39, 0.29) is 0 Å². The molecule has 3 rings (SSSR count). The van der Waals surface area contributed by atoms with E-state index in [1.807, 2.05) is 74.5 Å². The monoisotopic (exact) mass is 391 g/mol. The number of carbonyl (C=O) groups excluding carboxylic acids is 1. The lowest BCUT2D eigenvalue weighted by molar-refractivity contribution is 0.252. The number of hydrogen-bond donors (Lipinski definition) is 3. The van der Waals surface area contributed by atoms with E-state index in [2.05, 4.69) is 10.7 Å². The number of nitrogens with one attached hydrogen (secondary N) is 2. The summed E-state index contributed by atoms with van der Waals surface area (Å²) in [7, 11) is 1.67. The third-order valence-electron chi connectivity index (χ3n) is 4.77. The number of hydrazine groups is 1. The minimum Gasteiger partial charge on any atom is -0.496 e. The van der Waals surface area contributed by atoms with Crippen molar-refractivity contribution in [3.63, 3.8) is 0 Å². The van der Waals surface area contributed by atoms with Crippen LogP contribution in [0.4, 0.5) is 10.5 Å². The van der Waals surface area contributed by atoms with Crippen LogP contribution in [0, 0.1) is 13.8 Å². The van der Waals surface area contributed by atoms with Crippen LogP contribution in [0.3, 0.4) is 0 Å². The molecule has 0 atom stereocenters. The van der Waals surface area contributed by atoms with E-state index >= 15 is 0 Å². The number of anilines is 1. The molecule has 3 aromatic rings. The standard InChI is InChI=1S/C23H25N3O3/c1-15-7-6-9-21(25-23(27)26-24)20(15)14-29-17-11-12-18(16(2)13-17)19-8-4-5-10-22(19)28-3/h4-13H,14,24H2,1-3H3,(H2,25,26,27). The number of aryl methyl sites for hydroxylation is 2.